The fourth-order valence-corrected chi connectivity index (χ4v) is 1.22. The van der Waals surface area contributed by atoms with E-state index in [1.54, 1.807) is 0 Å². The Kier molecular flexibility index (Phi) is 8.29. The molecule has 0 radical (unpaired) electrons. The molecule has 1 aromatic carbocycles. The summed E-state index contributed by atoms with van der Waals surface area (Å²) in [4.78, 5) is 10.9. The Morgan fingerprint density at radius 3 is 1.57 bits per heavy atom. The molecule has 120 valence electrons. The molecule has 0 N–H and O–H groups in total. The number of ketones is 1. The second kappa shape index (κ2) is 8.01. The van der Waals surface area contributed by atoms with Crippen LogP contribution in [0.3, 0.4) is 0 Å². The third-order valence-corrected chi connectivity index (χ3v) is 2.16. The van der Waals surface area contributed by atoms with Gasteiger partial charge in [-0.15, -0.1) is 0 Å². The maximum absolute atomic E-state index is 12.1. The number of hydrogen-bond donors (Lipinski definition) is 0. The number of carbonyl (C=O) groups excluding carboxylic acids is 1. The Labute approximate surface area is 117 Å². The van der Waals surface area contributed by atoms with Crippen molar-refractivity contribution in [3.05, 3.63) is 29.8 Å². The van der Waals surface area contributed by atoms with Crippen molar-refractivity contribution in [2.24, 2.45) is 0 Å². The first-order valence-electron chi connectivity index (χ1n) is 5.31. The van der Waals surface area contributed by atoms with E-state index in [0.717, 1.165) is 5.69 Å². The fraction of sp³-hybridized carbons (Fsp3) is 0.364. The summed E-state index contributed by atoms with van der Waals surface area (Å²) in [5, 5.41) is 0. The van der Waals surface area contributed by atoms with Gasteiger partial charge in [-0.2, -0.15) is 13.2 Å². The fourth-order valence-electron chi connectivity index (χ4n) is 1.22. The van der Waals surface area contributed by atoms with E-state index in [0.29, 0.717) is 4.48 Å². The van der Waals surface area contributed by atoms with E-state index >= 15 is 0 Å². The van der Waals surface area contributed by atoms with Crippen LogP contribution in [0.1, 0.15) is 10.4 Å². The van der Waals surface area contributed by atoms with E-state index in [1.807, 2.05) is 21.1 Å². The highest BCUT2D eigenvalue weighted by atomic mass is 19.4. The molecule has 1 aromatic rings. The van der Waals surface area contributed by atoms with E-state index in [2.05, 4.69) is 0 Å². The molecular formula is C11H13BF7NO. The first-order chi connectivity index (χ1) is 8.85. The normalized spacial score (nSPS) is 10.9. The number of nitrogens with zero attached hydrogens (tertiary/aromatic N) is 1. The summed E-state index contributed by atoms with van der Waals surface area (Å²) in [7, 11) is 2.00. The molecule has 10 heteroatoms. The zero-order valence-electron chi connectivity index (χ0n) is 11.4. The molecule has 0 unspecified atom stereocenters. The summed E-state index contributed by atoms with van der Waals surface area (Å²) in [6.07, 6.45) is -4.81. The third-order valence-electron chi connectivity index (χ3n) is 2.16. The Morgan fingerprint density at radius 2 is 1.33 bits per heavy atom. The van der Waals surface area contributed by atoms with Gasteiger partial charge in [0.2, 0.25) is 0 Å². The molecule has 0 bridgehead atoms. The van der Waals surface area contributed by atoms with Crippen LogP contribution in [0, 0.1) is 0 Å². The van der Waals surface area contributed by atoms with Gasteiger partial charge in [-0.3, -0.25) is 22.2 Å². The molecule has 0 aliphatic rings. The van der Waals surface area contributed by atoms with Crippen molar-refractivity contribution in [2.75, 3.05) is 21.1 Å². The highest BCUT2D eigenvalue weighted by Gasteiger charge is 2.39. The van der Waals surface area contributed by atoms with Gasteiger partial charge in [0.15, 0.2) is 0 Å². The molecule has 1 rings (SSSR count). The molecular weight excluding hydrogens is 306 g/mol. The molecule has 0 atom stereocenters. The summed E-state index contributed by atoms with van der Waals surface area (Å²) in [6, 6.07) is 5.46. The number of benzene rings is 1. The molecule has 0 aromatic heterocycles. The quantitative estimate of drug-likeness (QED) is 0.336. The second-order valence-electron chi connectivity index (χ2n) is 4.63. The smallest absolute Gasteiger partial charge is 0.762 e. The van der Waals surface area contributed by atoms with Crippen molar-refractivity contribution in [1.29, 1.82) is 0 Å². The van der Waals surface area contributed by atoms with Crippen LogP contribution >= 0.6 is 0 Å². The zero-order valence-corrected chi connectivity index (χ0v) is 11.4. The van der Waals surface area contributed by atoms with Crippen LogP contribution in [-0.4, -0.2) is 40.6 Å². The predicted octanol–water partition coefficient (Wildman–Crippen LogP) is 0.512. The van der Waals surface area contributed by atoms with Gasteiger partial charge in [-0.1, -0.05) is 0 Å². The number of Topliss-reactive ketones (excluding diaryl/α,β-unsaturated/α-hetero) is 1. The summed E-state index contributed by atoms with van der Waals surface area (Å²) < 4.78 is 65.8. The van der Waals surface area contributed by atoms with Crippen molar-refractivity contribution in [2.45, 2.75) is 6.18 Å². The van der Waals surface area contributed by atoms with Crippen molar-refractivity contribution in [3.8, 4) is 0 Å². The number of carbonyl (C=O) groups is 1. The highest BCUT2D eigenvalue weighted by Crippen LogP contribution is 2.24. The first kappa shape index (κ1) is 21.7. The van der Waals surface area contributed by atoms with Crippen LogP contribution in [0.2, 0.25) is 0 Å². The largest absolute Gasteiger partial charge is 1.00 e. The topological polar surface area (TPSA) is 17.1 Å². The molecule has 21 heavy (non-hydrogen) atoms. The summed E-state index contributed by atoms with van der Waals surface area (Å²) >= 11 is 0. The number of rotatable bonds is 2. The monoisotopic (exact) mass is 319 g/mol. The lowest BCUT2D eigenvalue weighted by molar-refractivity contribution is -0.0885. The maximum Gasteiger partial charge on any atom is 0.762 e. The number of quaternary nitrogens is 1. The van der Waals surface area contributed by atoms with Gasteiger partial charge < -0.3 is 4.70 Å². The van der Waals surface area contributed by atoms with Gasteiger partial charge in [0.1, 0.15) is 5.69 Å². The van der Waals surface area contributed by atoms with E-state index in [9.17, 15) is 30.9 Å². The van der Waals surface area contributed by atoms with Crippen molar-refractivity contribution in [3.63, 3.8) is 0 Å². The number of halogens is 7. The minimum atomic E-state index is -4.81. The van der Waals surface area contributed by atoms with Crippen molar-refractivity contribution in [1.82, 2.24) is 4.48 Å². The van der Waals surface area contributed by atoms with Gasteiger partial charge in [0, 0.05) is 5.56 Å². The maximum atomic E-state index is 12.1. The second-order valence-corrected chi connectivity index (χ2v) is 4.63. The van der Waals surface area contributed by atoms with Crippen LogP contribution < -0.4 is 9.19 Å². The zero-order chi connectivity index (χ0) is 16.1. The third kappa shape index (κ3) is 8.33. The number of alkyl halides is 3. The molecule has 0 saturated heterocycles. The van der Waals surface area contributed by atoms with Gasteiger partial charge in [0.05, 0.1) is 21.1 Å². The lowest BCUT2D eigenvalue weighted by Crippen LogP contribution is -3.00. The summed E-state index contributed by atoms with van der Waals surface area (Å²) in [5.74, 6) is -1.81. The molecule has 0 aliphatic heterocycles. The van der Waals surface area contributed by atoms with E-state index < -0.39 is 19.5 Å². The number of hydrogen-bond acceptors (Lipinski definition) is 1. The SMILES string of the molecule is C[N+](C)(C)c1ccc(C(=O)C(F)(F)F)cc1.FB(F)F.[F-]. The van der Waals surface area contributed by atoms with Crippen molar-refractivity contribution < 1.29 is 35.6 Å². The van der Waals surface area contributed by atoms with E-state index in [1.165, 1.54) is 24.3 Å². The van der Waals surface area contributed by atoms with Gasteiger partial charge in [0.25, 0.3) is 5.78 Å². The standard InChI is InChI=1S/C11H13F3NO.BF3.FH/c1-15(2,3)9-6-4-8(5-7-9)10(16)11(12,13)14;2-1(3)4;/h4-7H,1-3H3;;1H/q+1;;/p-1. The lowest BCUT2D eigenvalue weighted by atomic mass is 10.1. The van der Waals surface area contributed by atoms with E-state index in [-0.39, 0.29) is 10.3 Å². The van der Waals surface area contributed by atoms with E-state index in [4.69, 9.17) is 0 Å². The molecule has 0 heterocycles. The minimum absolute atomic E-state index is 0. The van der Waals surface area contributed by atoms with Gasteiger partial charge in [-0.25, -0.2) is 0 Å². The Morgan fingerprint density at radius 1 is 1.00 bits per heavy atom. The van der Waals surface area contributed by atoms with Crippen LogP contribution in [-0.2, 0) is 0 Å². The lowest BCUT2D eigenvalue weighted by Gasteiger charge is -2.23. The molecule has 0 saturated carbocycles. The van der Waals surface area contributed by atoms with Crippen LogP contribution in [0.4, 0.5) is 31.8 Å². The Balaban J connectivity index is 0. The Bertz CT molecular complexity index is 437. The van der Waals surface area contributed by atoms with Gasteiger partial charge >= 0.3 is 13.7 Å². The molecule has 0 fully saturated rings. The van der Waals surface area contributed by atoms with Crippen molar-refractivity contribution >= 4 is 19.0 Å². The molecule has 0 spiro atoms. The van der Waals surface area contributed by atoms with Crippen LogP contribution in [0.5, 0.6) is 0 Å². The van der Waals surface area contributed by atoms with Crippen LogP contribution in [0.25, 0.3) is 0 Å². The molecule has 0 aliphatic carbocycles. The molecule has 2 nitrogen and oxygen atoms in total. The first-order valence-corrected chi connectivity index (χ1v) is 5.31. The van der Waals surface area contributed by atoms with Gasteiger partial charge in [-0.05, 0) is 24.3 Å². The van der Waals surface area contributed by atoms with Crippen LogP contribution in [0.15, 0.2) is 24.3 Å². The minimum Gasteiger partial charge on any atom is -1.00 e. The highest BCUT2D eigenvalue weighted by molar-refractivity contribution is 6.33. The molecule has 0 amide bonds. The predicted molar refractivity (Wildman–Crippen MR) is 65.5 cm³/mol. The summed E-state index contributed by atoms with van der Waals surface area (Å²) in [5.41, 5.74) is 0.503. The average Bonchev–Trinajstić information content (AvgIpc) is 2.25. The Hall–Kier alpha value is -1.58. The average molecular weight is 319 g/mol. The summed E-state index contributed by atoms with van der Waals surface area (Å²) in [6.45, 7) is 0.